The van der Waals surface area contributed by atoms with Crippen LogP contribution in [0.25, 0.3) is 0 Å². The first-order valence-corrected chi connectivity index (χ1v) is 11.8. The second-order valence-electron chi connectivity index (χ2n) is 8.92. The van der Waals surface area contributed by atoms with Gasteiger partial charge >= 0.3 is 0 Å². The maximum Gasteiger partial charge on any atom is 0.257 e. The van der Waals surface area contributed by atoms with Gasteiger partial charge in [-0.1, -0.05) is 26.0 Å². The standard InChI is InChI=1S/C25H31FN4O4/c1-3-28(4-2)11-12-29-10-9-18-20(29)15-30-14-19(23(32)24(33)21(30)22(18)31)25(34)27-13-16-5-7-17(26)8-6-16/h5-8,14,18,20,33H,3-4,9-13,15H2,1-2H3,(H,27,34). The van der Waals surface area contributed by atoms with Gasteiger partial charge in [0, 0.05) is 44.3 Å². The molecule has 4 rings (SSSR count). The number of Topliss-reactive ketones (excluding diaryl/α,β-unsaturated/α-hetero) is 1. The number of likely N-dealkylation sites (N-methyl/N-ethyl adjacent to an activating group) is 1. The van der Waals surface area contributed by atoms with Crippen LogP contribution >= 0.6 is 0 Å². The normalized spacial score (nSPS) is 19.8. The van der Waals surface area contributed by atoms with E-state index in [-0.39, 0.29) is 41.4 Å². The van der Waals surface area contributed by atoms with Gasteiger partial charge in [0.2, 0.25) is 5.43 Å². The lowest BCUT2D eigenvalue weighted by Crippen LogP contribution is -2.47. The van der Waals surface area contributed by atoms with Gasteiger partial charge in [0.1, 0.15) is 17.1 Å². The minimum atomic E-state index is -0.856. The second-order valence-corrected chi connectivity index (χ2v) is 8.92. The van der Waals surface area contributed by atoms with E-state index in [9.17, 15) is 23.9 Å². The van der Waals surface area contributed by atoms with Crippen molar-refractivity contribution in [3.63, 3.8) is 0 Å². The van der Waals surface area contributed by atoms with Crippen molar-refractivity contribution in [3.8, 4) is 5.75 Å². The molecular formula is C25H31FN4O4. The van der Waals surface area contributed by atoms with Crippen molar-refractivity contribution >= 4 is 11.7 Å². The monoisotopic (exact) mass is 470 g/mol. The van der Waals surface area contributed by atoms with Crippen LogP contribution in [0.4, 0.5) is 4.39 Å². The first kappa shape index (κ1) is 24.1. The van der Waals surface area contributed by atoms with Gasteiger partial charge in [-0.3, -0.25) is 19.3 Å². The zero-order chi connectivity index (χ0) is 24.4. The van der Waals surface area contributed by atoms with E-state index in [1.165, 1.54) is 18.3 Å². The van der Waals surface area contributed by atoms with E-state index in [0.717, 1.165) is 32.7 Å². The topological polar surface area (TPSA) is 94.9 Å². The summed E-state index contributed by atoms with van der Waals surface area (Å²) in [5.41, 5.74) is -0.412. The zero-order valence-electron chi connectivity index (χ0n) is 19.6. The smallest absolute Gasteiger partial charge is 0.257 e. The number of carbonyl (C=O) groups is 2. The van der Waals surface area contributed by atoms with E-state index in [1.54, 1.807) is 16.7 Å². The Balaban J connectivity index is 1.54. The molecule has 1 saturated heterocycles. The first-order chi connectivity index (χ1) is 16.3. The van der Waals surface area contributed by atoms with Gasteiger partial charge in [-0.05, 0) is 43.8 Å². The summed E-state index contributed by atoms with van der Waals surface area (Å²) in [4.78, 5) is 43.3. The number of nitrogens with zero attached hydrogens (tertiary/aromatic N) is 3. The number of aromatic nitrogens is 1. The number of pyridine rings is 1. The second kappa shape index (κ2) is 10.1. The molecule has 0 radical (unpaired) electrons. The third kappa shape index (κ3) is 4.63. The molecule has 0 aliphatic carbocycles. The lowest BCUT2D eigenvalue weighted by molar-refractivity contribution is 0.0799. The predicted octanol–water partition coefficient (Wildman–Crippen LogP) is 1.85. The molecule has 2 aliphatic heterocycles. The minimum absolute atomic E-state index is 0.00747. The number of hydrogen-bond acceptors (Lipinski definition) is 6. The molecular weight excluding hydrogens is 439 g/mol. The van der Waals surface area contributed by atoms with Crippen LogP contribution in [-0.2, 0) is 13.1 Å². The van der Waals surface area contributed by atoms with Crippen molar-refractivity contribution in [2.75, 3.05) is 32.7 Å². The van der Waals surface area contributed by atoms with Crippen LogP contribution in [0.1, 0.15) is 46.7 Å². The fourth-order valence-electron chi connectivity index (χ4n) is 5.02. The summed E-state index contributed by atoms with van der Waals surface area (Å²) in [6.07, 6.45) is 2.07. The Morgan fingerprint density at radius 2 is 1.91 bits per heavy atom. The number of aromatic hydroxyl groups is 1. The van der Waals surface area contributed by atoms with Gasteiger partial charge < -0.3 is 19.9 Å². The van der Waals surface area contributed by atoms with Crippen LogP contribution in [0.15, 0.2) is 35.3 Å². The maximum atomic E-state index is 13.2. The van der Waals surface area contributed by atoms with Gasteiger partial charge in [0.05, 0.1) is 0 Å². The molecule has 1 aromatic heterocycles. The number of nitrogens with one attached hydrogen (secondary N) is 1. The minimum Gasteiger partial charge on any atom is -0.503 e. The van der Waals surface area contributed by atoms with E-state index in [1.807, 2.05) is 0 Å². The molecule has 2 unspecified atom stereocenters. The quantitative estimate of drug-likeness (QED) is 0.612. The van der Waals surface area contributed by atoms with E-state index < -0.39 is 17.1 Å². The number of rotatable bonds is 8. The molecule has 0 bridgehead atoms. The summed E-state index contributed by atoms with van der Waals surface area (Å²) >= 11 is 0. The molecule has 1 amide bonds. The number of benzene rings is 1. The van der Waals surface area contributed by atoms with Gasteiger partial charge in [0.15, 0.2) is 11.5 Å². The third-order valence-corrected chi connectivity index (χ3v) is 7.08. The highest BCUT2D eigenvalue weighted by Crippen LogP contribution is 2.35. The fourth-order valence-corrected chi connectivity index (χ4v) is 5.02. The maximum absolute atomic E-state index is 13.2. The average molecular weight is 471 g/mol. The van der Waals surface area contributed by atoms with Gasteiger partial charge in [-0.25, -0.2) is 4.39 Å². The largest absolute Gasteiger partial charge is 0.503 e. The van der Waals surface area contributed by atoms with Gasteiger partial charge in [-0.2, -0.15) is 0 Å². The number of fused-ring (bicyclic) bond motifs is 2. The Bertz CT molecular complexity index is 1130. The SMILES string of the molecule is CCN(CC)CCN1CCC2C(=O)c3c(O)c(=O)c(C(=O)NCc4ccc(F)cc4)cn3CC21. The molecule has 2 N–H and O–H groups in total. The molecule has 182 valence electrons. The Morgan fingerprint density at radius 1 is 1.21 bits per heavy atom. The molecule has 1 aromatic carbocycles. The first-order valence-electron chi connectivity index (χ1n) is 11.8. The number of amides is 1. The van der Waals surface area contributed by atoms with Crippen molar-refractivity contribution < 1.29 is 19.1 Å². The molecule has 34 heavy (non-hydrogen) atoms. The van der Waals surface area contributed by atoms with Crippen molar-refractivity contribution in [2.45, 2.75) is 39.4 Å². The van der Waals surface area contributed by atoms with Crippen molar-refractivity contribution in [3.05, 3.63) is 63.3 Å². The third-order valence-electron chi connectivity index (χ3n) is 7.08. The van der Waals surface area contributed by atoms with E-state index in [2.05, 4.69) is 29.0 Å². The summed E-state index contributed by atoms with van der Waals surface area (Å²) in [5, 5.41) is 13.2. The lowest BCUT2D eigenvalue weighted by atomic mass is 9.88. The number of carbonyl (C=O) groups excluding carboxylic acids is 2. The number of likely N-dealkylation sites (tertiary alicyclic amines) is 1. The summed E-state index contributed by atoms with van der Waals surface area (Å²) in [5.74, 6) is -2.21. The molecule has 2 atom stereocenters. The summed E-state index contributed by atoms with van der Waals surface area (Å²) in [6.45, 7) is 9.23. The molecule has 9 heteroatoms. The van der Waals surface area contributed by atoms with Gasteiger partial charge in [0.25, 0.3) is 5.91 Å². The Labute approximate surface area is 198 Å². The van der Waals surface area contributed by atoms with Crippen molar-refractivity contribution in [1.82, 2.24) is 19.7 Å². The van der Waals surface area contributed by atoms with Crippen LogP contribution < -0.4 is 10.7 Å². The van der Waals surface area contributed by atoms with Crippen LogP contribution in [0.3, 0.4) is 0 Å². The van der Waals surface area contributed by atoms with Crippen molar-refractivity contribution in [2.24, 2.45) is 5.92 Å². The number of ketones is 1. The number of halogens is 1. The zero-order valence-corrected chi connectivity index (χ0v) is 19.6. The molecule has 1 fully saturated rings. The summed E-state index contributed by atoms with van der Waals surface area (Å²) < 4.78 is 14.6. The van der Waals surface area contributed by atoms with Gasteiger partial charge in [-0.15, -0.1) is 0 Å². The molecule has 0 saturated carbocycles. The molecule has 2 aliphatic rings. The Kier molecular flexibility index (Phi) is 7.13. The molecule has 2 aromatic rings. The van der Waals surface area contributed by atoms with Crippen LogP contribution in [-0.4, -0.2) is 69.9 Å². The molecule has 0 spiro atoms. The molecule has 3 heterocycles. The molecule has 8 nitrogen and oxygen atoms in total. The fraction of sp³-hybridized carbons (Fsp3) is 0.480. The highest BCUT2D eigenvalue weighted by Gasteiger charge is 2.44. The predicted molar refractivity (Wildman–Crippen MR) is 126 cm³/mol. The Morgan fingerprint density at radius 3 is 2.59 bits per heavy atom. The van der Waals surface area contributed by atoms with Crippen molar-refractivity contribution in [1.29, 1.82) is 0 Å². The summed E-state index contributed by atoms with van der Waals surface area (Å²) in [6, 6.07) is 5.62. The van der Waals surface area contributed by atoms with E-state index in [4.69, 9.17) is 0 Å². The Hall–Kier alpha value is -3.04. The highest BCUT2D eigenvalue weighted by molar-refractivity contribution is 6.01. The van der Waals surface area contributed by atoms with E-state index in [0.29, 0.717) is 18.5 Å². The lowest BCUT2D eigenvalue weighted by Gasteiger charge is -2.34. The van der Waals surface area contributed by atoms with Crippen LogP contribution in [0.2, 0.25) is 0 Å². The van der Waals surface area contributed by atoms with Crippen LogP contribution in [0, 0.1) is 11.7 Å². The average Bonchev–Trinajstić information content (AvgIpc) is 3.24. The highest BCUT2D eigenvalue weighted by atomic mass is 19.1. The van der Waals surface area contributed by atoms with Crippen LogP contribution in [0.5, 0.6) is 5.75 Å². The summed E-state index contributed by atoms with van der Waals surface area (Å²) in [7, 11) is 0. The number of hydrogen-bond donors (Lipinski definition) is 2. The van der Waals surface area contributed by atoms with E-state index >= 15 is 0 Å².